The van der Waals surface area contributed by atoms with E-state index in [9.17, 15) is 4.79 Å². The molecule has 0 spiro atoms. The average molecular weight is 313 g/mol. The third kappa shape index (κ3) is 4.25. The highest BCUT2D eigenvalue weighted by Gasteiger charge is 2.13. The third-order valence-corrected chi connectivity index (χ3v) is 3.70. The van der Waals surface area contributed by atoms with E-state index in [1.807, 2.05) is 57.2 Å². The van der Waals surface area contributed by atoms with Crippen LogP contribution in [0.25, 0.3) is 0 Å². The van der Waals surface area contributed by atoms with E-state index >= 15 is 0 Å². The van der Waals surface area contributed by atoms with Crippen molar-refractivity contribution < 1.29 is 14.3 Å². The fourth-order valence-electron chi connectivity index (χ4n) is 2.36. The maximum absolute atomic E-state index is 12.4. The van der Waals surface area contributed by atoms with Gasteiger partial charge in [0, 0.05) is 5.56 Å². The highest BCUT2D eigenvalue weighted by atomic mass is 16.5. The van der Waals surface area contributed by atoms with Gasteiger partial charge >= 0.3 is 0 Å². The van der Waals surface area contributed by atoms with Gasteiger partial charge in [0.25, 0.3) is 5.91 Å². The van der Waals surface area contributed by atoms with Crippen molar-refractivity contribution in [1.82, 2.24) is 5.32 Å². The molecule has 0 bridgehead atoms. The van der Waals surface area contributed by atoms with Crippen molar-refractivity contribution in [3.8, 4) is 11.5 Å². The number of ether oxygens (including phenoxy) is 2. The molecule has 0 heterocycles. The van der Waals surface area contributed by atoms with Crippen molar-refractivity contribution in [3.05, 3.63) is 59.2 Å². The van der Waals surface area contributed by atoms with Crippen LogP contribution in [-0.4, -0.2) is 19.6 Å². The van der Waals surface area contributed by atoms with Crippen molar-refractivity contribution in [2.45, 2.75) is 26.8 Å². The van der Waals surface area contributed by atoms with E-state index in [2.05, 4.69) is 5.32 Å². The molecule has 0 aromatic heterocycles. The van der Waals surface area contributed by atoms with Crippen molar-refractivity contribution in [2.24, 2.45) is 0 Å². The van der Waals surface area contributed by atoms with Gasteiger partial charge in [-0.15, -0.1) is 0 Å². The smallest absolute Gasteiger partial charge is 0.251 e. The first-order valence-electron chi connectivity index (χ1n) is 7.73. The maximum Gasteiger partial charge on any atom is 0.251 e. The molecule has 0 aliphatic heterocycles. The summed E-state index contributed by atoms with van der Waals surface area (Å²) in [5, 5.41) is 3.01. The van der Waals surface area contributed by atoms with E-state index < -0.39 is 0 Å². The largest absolute Gasteiger partial charge is 0.497 e. The first-order valence-corrected chi connectivity index (χ1v) is 7.73. The topological polar surface area (TPSA) is 47.6 Å². The third-order valence-electron chi connectivity index (χ3n) is 3.70. The number of methoxy groups -OCH3 is 1. The van der Waals surface area contributed by atoms with E-state index in [4.69, 9.17) is 9.47 Å². The van der Waals surface area contributed by atoms with Crippen LogP contribution in [0.5, 0.6) is 11.5 Å². The lowest BCUT2D eigenvalue weighted by molar-refractivity contribution is 0.0940. The number of nitrogens with one attached hydrogen (secondary N) is 1. The number of amides is 1. The molecule has 4 nitrogen and oxygen atoms in total. The molecule has 23 heavy (non-hydrogen) atoms. The quantitative estimate of drug-likeness (QED) is 0.880. The molecule has 0 fully saturated rings. The van der Waals surface area contributed by atoms with Crippen LogP contribution in [0.4, 0.5) is 0 Å². The van der Waals surface area contributed by atoms with E-state index in [1.165, 1.54) is 0 Å². The highest BCUT2D eigenvalue weighted by Crippen LogP contribution is 2.21. The molecule has 0 saturated heterocycles. The van der Waals surface area contributed by atoms with Crippen LogP contribution < -0.4 is 14.8 Å². The molecular formula is C19H23NO3. The summed E-state index contributed by atoms with van der Waals surface area (Å²) in [7, 11) is 1.63. The predicted octanol–water partition coefficient (Wildman–Crippen LogP) is 3.89. The second-order valence-electron chi connectivity index (χ2n) is 5.38. The fraction of sp³-hybridized carbons (Fsp3) is 0.316. The maximum atomic E-state index is 12.4. The Morgan fingerprint density at radius 3 is 2.43 bits per heavy atom. The lowest BCUT2D eigenvalue weighted by Gasteiger charge is -2.15. The van der Waals surface area contributed by atoms with Gasteiger partial charge in [-0.2, -0.15) is 0 Å². The van der Waals surface area contributed by atoms with Crippen molar-refractivity contribution in [1.29, 1.82) is 0 Å². The minimum absolute atomic E-state index is 0.0831. The van der Waals surface area contributed by atoms with Crippen LogP contribution in [-0.2, 0) is 0 Å². The van der Waals surface area contributed by atoms with Gasteiger partial charge in [-0.3, -0.25) is 4.79 Å². The Balaban J connectivity index is 2.06. The first kappa shape index (κ1) is 16.9. The summed E-state index contributed by atoms with van der Waals surface area (Å²) >= 11 is 0. The molecule has 2 aromatic rings. The van der Waals surface area contributed by atoms with Gasteiger partial charge in [0.1, 0.15) is 11.5 Å². The number of carbonyl (C=O) groups is 1. The van der Waals surface area contributed by atoms with E-state index in [0.29, 0.717) is 12.2 Å². The van der Waals surface area contributed by atoms with E-state index in [1.54, 1.807) is 13.2 Å². The summed E-state index contributed by atoms with van der Waals surface area (Å²) < 4.78 is 10.6. The lowest BCUT2D eigenvalue weighted by Crippen LogP contribution is -2.26. The van der Waals surface area contributed by atoms with Crippen LogP contribution >= 0.6 is 0 Å². The van der Waals surface area contributed by atoms with Crippen molar-refractivity contribution >= 4 is 5.91 Å². The average Bonchev–Trinajstić information content (AvgIpc) is 2.56. The molecule has 2 rings (SSSR count). The Hall–Kier alpha value is -2.49. The Bertz CT molecular complexity index is 665. The SMILES string of the molecule is CCOc1ccc(C(=O)NC(C)c2ccc(OC)cc2)cc1C. The van der Waals surface area contributed by atoms with Gasteiger partial charge < -0.3 is 14.8 Å². The zero-order valence-corrected chi connectivity index (χ0v) is 14.1. The van der Waals surface area contributed by atoms with Gasteiger partial charge in [-0.1, -0.05) is 12.1 Å². The van der Waals surface area contributed by atoms with Gasteiger partial charge in [0.15, 0.2) is 0 Å². The van der Waals surface area contributed by atoms with Crippen molar-refractivity contribution in [3.63, 3.8) is 0 Å². The van der Waals surface area contributed by atoms with E-state index in [0.717, 1.165) is 22.6 Å². The van der Waals surface area contributed by atoms with Crippen LogP contribution in [0.15, 0.2) is 42.5 Å². The molecule has 1 amide bonds. The van der Waals surface area contributed by atoms with Crippen LogP contribution in [0.2, 0.25) is 0 Å². The molecule has 0 aliphatic rings. The Morgan fingerprint density at radius 2 is 1.87 bits per heavy atom. The van der Waals surface area contributed by atoms with Gasteiger partial charge in [-0.05, 0) is 62.2 Å². The number of hydrogen-bond donors (Lipinski definition) is 1. The summed E-state index contributed by atoms with van der Waals surface area (Å²) in [6.45, 7) is 6.45. The van der Waals surface area contributed by atoms with Crippen LogP contribution in [0.1, 0.15) is 41.4 Å². The summed E-state index contributed by atoms with van der Waals surface area (Å²) in [5.41, 5.74) is 2.62. The monoisotopic (exact) mass is 313 g/mol. The Labute approximate surface area is 137 Å². The zero-order valence-electron chi connectivity index (χ0n) is 14.1. The molecule has 2 aromatic carbocycles. The second-order valence-corrected chi connectivity index (χ2v) is 5.38. The summed E-state index contributed by atoms with van der Waals surface area (Å²) in [4.78, 5) is 12.4. The number of hydrogen-bond acceptors (Lipinski definition) is 3. The van der Waals surface area contributed by atoms with Crippen molar-refractivity contribution in [2.75, 3.05) is 13.7 Å². The minimum atomic E-state index is -0.0977. The van der Waals surface area contributed by atoms with Gasteiger partial charge in [-0.25, -0.2) is 0 Å². The first-order chi connectivity index (χ1) is 11.0. The molecule has 4 heteroatoms. The summed E-state index contributed by atoms with van der Waals surface area (Å²) in [6.07, 6.45) is 0. The highest BCUT2D eigenvalue weighted by molar-refractivity contribution is 5.94. The fourth-order valence-corrected chi connectivity index (χ4v) is 2.36. The zero-order chi connectivity index (χ0) is 16.8. The number of benzene rings is 2. The normalized spacial score (nSPS) is 11.7. The Kier molecular flexibility index (Phi) is 5.63. The lowest BCUT2D eigenvalue weighted by atomic mass is 10.1. The predicted molar refractivity (Wildman–Crippen MR) is 91.2 cm³/mol. The molecule has 0 saturated carbocycles. The minimum Gasteiger partial charge on any atom is -0.497 e. The number of rotatable bonds is 6. The van der Waals surface area contributed by atoms with Gasteiger partial charge in [0.05, 0.1) is 19.8 Å². The molecule has 1 atom stereocenters. The van der Waals surface area contributed by atoms with E-state index in [-0.39, 0.29) is 11.9 Å². The van der Waals surface area contributed by atoms with Crippen LogP contribution in [0, 0.1) is 6.92 Å². The number of aryl methyl sites for hydroxylation is 1. The molecule has 122 valence electrons. The molecule has 1 unspecified atom stereocenters. The molecule has 0 aliphatic carbocycles. The molecule has 0 radical (unpaired) electrons. The number of carbonyl (C=O) groups excluding carboxylic acids is 1. The standard InChI is InChI=1S/C19H23NO3/c1-5-23-18-11-8-16(12-13(18)2)19(21)20-14(3)15-6-9-17(22-4)10-7-15/h6-12,14H,5H2,1-4H3,(H,20,21). The molecular weight excluding hydrogens is 290 g/mol. The Morgan fingerprint density at radius 1 is 1.17 bits per heavy atom. The summed E-state index contributed by atoms with van der Waals surface area (Å²) in [6, 6.07) is 13.1. The van der Waals surface area contributed by atoms with Gasteiger partial charge in [0.2, 0.25) is 0 Å². The second kappa shape index (κ2) is 7.68. The van der Waals surface area contributed by atoms with Crippen LogP contribution in [0.3, 0.4) is 0 Å². The summed E-state index contributed by atoms with van der Waals surface area (Å²) in [5.74, 6) is 1.51. The molecule has 1 N–H and O–H groups in total.